The average molecular weight is 1800 g/mol. The fourth-order valence-corrected chi connectivity index (χ4v) is 29.0. The number of allylic oxidation sites excluding steroid dienone is 12. The summed E-state index contributed by atoms with van der Waals surface area (Å²) in [7, 11) is 0. The van der Waals surface area contributed by atoms with Crippen molar-refractivity contribution < 1.29 is 100 Å². The second-order valence-electron chi connectivity index (χ2n) is 39.8. The van der Waals surface area contributed by atoms with Gasteiger partial charge in [0.1, 0.15) is 25.4 Å². The number of aliphatic hydroxyl groups excluding tert-OH is 5. The van der Waals surface area contributed by atoms with E-state index in [9.17, 15) is 58.7 Å². The summed E-state index contributed by atoms with van der Waals surface area (Å²) < 4.78 is 104. The number of Topliss-reactive ketones (excluding diaryl/α,β-unsaturated/α-hetero) is 2. The van der Waals surface area contributed by atoms with Crippen LogP contribution in [0.3, 0.4) is 0 Å². The Kier molecular flexibility index (Phi) is 23.4. The Labute approximate surface area is 757 Å². The molecule has 678 valence electrons. The highest BCUT2D eigenvalue weighted by atomic mass is 32.2. The van der Waals surface area contributed by atoms with Gasteiger partial charge in [-0.1, -0.05) is 187 Å². The molecule has 3 heterocycles. The molecule has 129 heavy (non-hydrogen) atoms. The molecule has 18 nitrogen and oxygen atoms in total. The molecule has 7 N–H and O–H groups in total. The lowest BCUT2D eigenvalue weighted by molar-refractivity contribution is -0.232. The molecular weight excluding hydrogens is 1690 g/mol. The second-order valence-corrected chi connectivity index (χ2v) is 41.7. The Balaban J connectivity index is 0.000000126. The monoisotopic (exact) mass is 1800 g/mol. The number of nitrogens with two attached hydrogens (primary N) is 1. The van der Waals surface area contributed by atoms with Gasteiger partial charge in [-0.05, 0) is 229 Å². The molecule has 0 bridgehead atoms. The number of halogens is 4. The number of nitrogen functional groups attached to an aromatic ring is 1. The molecule has 12 fully saturated rings. The predicted octanol–water partition coefficient (Wildman–Crippen LogP) is 16.5. The van der Waals surface area contributed by atoms with E-state index in [4.69, 9.17) is 34.2 Å². The number of carbonyl (C=O) groups is 6. The first-order chi connectivity index (χ1) is 61.7. The van der Waals surface area contributed by atoms with Crippen molar-refractivity contribution in [2.45, 2.75) is 225 Å². The summed E-state index contributed by atoms with van der Waals surface area (Å²) in [5.74, 6) is -3.57. The summed E-state index contributed by atoms with van der Waals surface area (Å²) in [6, 6.07) is 47.2. The summed E-state index contributed by atoms with van der Waals surface area (Å²) in [6.45, 7) is 9.99. The van der Waals surface area contributed by atoms with E-state index in [2.05, 4.69) is 63.2 Å². The van der Waals surface area contributed by atoms with Gasteiger partial charge in [-0.25, -0.2) is 17.6 Å². The number of aryl methyl sites for hydroxylation is 2. The van der Waals surface area contributed by atoms with Gasteiger partial charge < -0.3 is 59.7 Å². The van der Waals surface area contributed by atoms with Crippen molar-refractivity contribution in [3.05, 3.63) is 273 Å². The van der Waals surface area contributed by atoms with Crippen LogP contribution in [0, 0.1) is 88.8 Å². The molecule has 3 saturated heterocycles. The number of ketones is 5. The van der Waals surface area contributed by atoms with E-state index in [0.717, 1.165) is 82.2 Å². The first-order valence-electron chi connectivity index (χ1n) is 45.5. The van der Waals surface area contributed by atoms with Gasteiger partial charge in [0.25, 0.3) is 0 Å². The third-order valence-electron chi connectivity index (χ3n) is 33.3. The minimum atomic E-state index is -2.30. The normalized spacial score (nSPS) is 40.0. The lowest BCUT2D eigenvalue weighted by Gasteiger charge is -2.63. The molecule has 28 atom stereocenters. The van der Waals surface area contributed by atoms with Gasteiger partial charge in [-0.3, -0.25) is 28.8 Å². The SMILES string of the molecule is C[C@]12C=CC(=O)C=C1CC[C@H]1[C@@H]3C[C@H]4O[C@@H](c5ccc(Cc6cccc(N)c6)cc5)O[C@@]4(C(=O)CO)[C@H]3C[C@H](O)[C@@H]12.Cc1cccc(Cc2ccc(C3O[C@@H]4C[C@H]5[C@@H]6C[C@H](F)C7=CC(=O)C=C[C@]7(C)[C@@]6(F)[C@@H](O)C[C@]5(C)[C@]4(C(=O)SCF)O3)cc2)c1.Cc1cccc(SCc2ccc([C@@H]3O[C@@H]4C[C@@H]5[C@H](C[C@H](O)[C@@]6(F)[C@H]5CCC5=CC(=O)C=C[C@@]56C)[C@]4(C(=O)CO)O3)cc2)c1. The van der Waals surface area contributed by atoms with Crippen LogP contribution in [0.1, 0.15) is 173 Å². The number of hydrogen-bond acceptors (Lipinski definition) is 20. The molecule has 24 heteroatoms. The number of ether oxygens (including phenoxy) is 6. The minimum absolute atomic E-state index is 0.00707. The van der Waals surface area contributed by atoms with Crippen molar-refractivity contribution in [1.29, 1.82) is 0 Å². The number of thioether (sulfide) groups is 2. The van der Waals surface area contributed by atoms with Gasteiger partial charge in [0.05, 0.1) is 36.6 Å². The molecule has 0 aromatic heterocycles. The van der Waals surface area contributed by atoms with Crippen molar-refractivity contribution in [2.24, 2.45) is 74.9 Å². The van der Waals surface area contributed by atoms with E-state index in [1.165, 1.54) is 52.8 Å². The van der Waals surface area contributed by atoms with E-state index in [-0.39, 0.29) is 83.6 Å². The smallest absolute Gasteiger partial charge is 0.226 e. The number of rotatable bonds is 16. The van der Waals surface area contributed by atoms with Crippen molar-refractivity contribution in [2.75, 3.05) is 25.0 Å². The average Bonchev–Trinajstić information content (AvgIpc) is 1.53. The topological polar surface area (TPSA) is 285 Å². The van der Waals surface area contributed by atoms with Crippen LogP contribution in [0.4, 0.5) is 23.2 Å². The fourth-order valence-electron chi connectivity index (χ4n) is 27.3. The molecule has 0 spiro atoms. The summed E-state index contributed by atoms with van der Waals surface area (Å²) in [4.78, 5) is 78.5. The molecule has 21 rings (SSSR count). The zero-order chi connectivity index (χ0) is 90.6. The maximum absolute atomic E-state index is 17.6. The molecule has 6 aromatic carbocycles. The van der Waals surface area contributed by atoms with E-state index < -0.39 is 166 Å². The molecule has 9 saturated carbocycles. The number of fused-ring (bicyclic) bond motifs is 21. The molecule has 0 amide bonds. The lowest BCUT2D eigenvalue weighted by Crippen LogP contribution is -2.70. The summed E-state index contributed by atoms with van der Waals surface area (Å²) >= 11 is 2.24. The molecule has 6 aromatic rings. The molecule has 0 radical (unpaired) electrons. The maximum atomic E-state index is 17.6. The second kappa shape index (κ2) is 33.6. The third kappa shape index (κ3) is 14.2. The number of alkyl halides is 4. The van der Waals surface area contributed by atoms with Crippen LogP contribution in [0.2, 0.25) is 0 Å². The maximum Gasteiger partial charge on any atom is 0.226 e. The number of carbonyl (C=O) groups excluding carboxylic acids is 6. The third-order valence-corrected chi connectivity index (χ3v) is 35.1. The van der Waals surface area contributed by atoms with Gasteiger partial charge in [-0.15, -0.1) is 11.8 Å². The van der Waals surface area contributed by atoms with Crippen LogP contribution < -0.4 is 5.73 Å². The Morgan fingerprint density at radius 1 is 0.512 bits per heavy atom. The molecular formula is C105H111F4NO17S2. The van der Waals surface area contributed by atoms with Crippen LogP contribution >= 0.6 is 23.5 Å². The largest absolute Gasteiger partial charge is 0.399 e. The zero-order valence-corrected chi connectivity index (χ0v) is 74.7. The zero-order valence-electron chi connectivity index (χ0n) is 73.1. The molecule has 3 aliphatic heterocycles. The Hall–Kier alpha value is -8.44. The number of anilines is 1. The first-order valence-corrected chi connectivity index (χ1v) is 47.4. The van der Waals surface area contributed by atoms with Gasteiger partial charge in [0.15, 0.2) is 75.9 Å². The standard InChI is InChI=1S/C36H37F3O5S.C35H37FO6S.C34H37NO6/c1-20-5-4-6-22(13-20)14-21-7-9-23(10-8-21)31-43-30-17-25-26-16-28(38)27-15-24(40)11-12-33(27,2)35(26,39)29(41)18-34(25,3)36(30,44-31)32(42)45-19-37;1-20-4-3-5-25(14-20)43-19-21-6-8-22(9-7-21)32-41-31-16-26-27-11-10-23-15-24(38)12-13-33(23,2)35(27,36)29(39)17-28(26)34(31,42-32)30(40)18-37;1-33-12-11-24(37)15-22(33)9-10-25-26-16-30-34(29(39)18-36,27(26)17-28(38)31(25)33)41-32(40-30)21-7-5-19(6-8-21)13-20-3-2-4-23(35)14-20/h4-13,15,25-26,28-31,41H,14,16-19H2,1-3H3;3-9,12-15,26-29,31-32,37,39H,10-11,16-19H2,1-2H3;2-8,11-12,14-15,25-28,30-32,36,38H,9-10,13,16-18,35H2,1H3/t25-,26-,28-,29-,30+,31?,33-,34-,35-,36-;26-,27-,28-,29-,31+,32+,33-,34+,35-;25-,26-,27-,28-,30+,31+,32+,33-,34+/m000/s1. The predicted molar refractivity (Wildman–Crippen MR) is 477 cm³/mol. The van der Waals surface area contributed by atoms with Gasteiger partial charge >= 0.3 is 0 Å². The van der Waals surface area contributed by atoms with E-state index in [1.54, 1.807) is 43.8 Å². The van der Waals surface area contributed by atoms with Crippen LogP contribution in [0.5, 0.6) is 0 Å². The van der Waals surface area contributed by atoms with E-state index >= 15 is 13.2 Å². The van der Waals surface area contributed by atoms with Crippen LogP contribution in [0.25, 0.3) is 0 Å². The quantitative estimate of drug-likeness (QED) is 0.0298. The van der Waals surface area contributed by atoms with Crippen molar-refractivity contribution in [3.63, 3.8) is 0 Å². The minimum Gasteiger partial charge on any atom is -0.399 e. The molecule has 1 unspecified atom stereocenters. The molecule has 15 aliphatic rings. The number of hydrogen-bond donors (Lipinski definition) is 6. The highest BCUT2D eigenvalue weighted by molar-refractivity contribution is 8.13. The van der Waals surface area contributed by atoms with Crippen molar-refractivity contribution >= 4 is 63.2 Å². The lowest BCUT2D eigenvalue weighted by atomic mass is 9.44. The summed E-state index contributed by atoms with van der Waals surface area (Å²) in [5.41, 5.74) is 5.92. The van der Waals surface area contributed by atoms with Gasteiger partial charge in [0, 0.05) is 84.3 Å². The number of benzene rings is 6. The van der Waals surface area contributed by atoms with Crippen LogP contribution in [0.15, 0.2) is 222 Å². The van der Waals surface area contributed by atoms with E-state index in [0.29, 0.717) is 55.0 Å². The first kappa shape index (κ1) is 89.8. The Morgan fingerprint density at radius 3 is 1.64 bits per heavy atom. The fraction of sp³-hybridized carbons (Fsp3) is 0.486. The Morgan fingerprint density at radius 2 is 1.04 bits per heavy atom. The van der Waals surface area contributed by atoms with Gasteiger partial charge in [-0.2, -0.15) is 0 Å². The van der Waals surface area contributed by atoms with Gasteiger partial charge in [0.2, 0.25) is 5.12 Å². The van der Waals surface area contributed by atoms with Crippen LogP contribution in [-0.2, 0) is 75.8 Å². The highest BCUT2D eigenvalue weighted by Gasteiger charge is 2.81. The van der Waals surface area contributed by atoms with Crippen molar-refractivity contribution in [3.8, 4) is 0 Å². The Bertz CT molecular complexity index is 5670. The number of aliphatic hydroxyl groups is 5. The van der Waals surface area contributed by atoms with Crippen molar-refractivity contribution in [1.82, 2.24) is 0 Å². The highest BCUT2D eigenvalue weighted by Crippen LogP contribution is 2.75. The molecule has 12 aliphatic carbocycles. The summed E-state index contributed by atoms with van der Waals surface area (Å²) in [5, 5.41) is 54.5. The summed E-state index contributed by atoms with van der Waals surface area (Å²) in [6.07, 6.45) is 9.28. The van der Waals surface area contributed by atoms with E-state index in [1.807, 2.05) is 109 Å². The van der Waals surface area contributed by atoms with Crippen LogP contribution in [-0.4, -0.2) is 150 Å².